The molecule has 2 saturated heterocycles. The Balaban J connectivity index is 1.22. The van der Waals surface area contributed by atoms with Crippen LogP contribution in [0.3, 0.4) is 0 Å². The minimum absolute atomic E-state index is 0.00920. The van der Waals surface area contributed by atoms with E-state index in [-0.39, 0.29) is 71.5 Å². The fourth-order valence-corrected chi connectivity index (χ4v) is 5.36. The van der Waals surface area contributed by atoms with Gasteiger partial charge in [-0.2, -0.15) is 18.3 Å². The van der Waals surface area contributed by atoms with E-state index < -0.39 is 23.4 Å². The predicted molar refractivity (Wildman–Crippen MR) is 166 cm³/mol. The maximum absolute atomic E-state index is 13.8. The van der Waals surface area contributed by atoms with Crippen molar-refractivity contribution >= 4 is 35.1 Å². The van der Waals surface area contributed by atoms with Crippen LogP contribution < -0.4 is 16.0 Å². The van der Waals surface area contributed by atoms with Gasteiger partial charge in [0.2, 0.25) is 0 Å². The fourth-order valence-electron chi connectivity index (χ4n) is 5.10. The number of imidazole rings is 1. The van der Waals surface area contributed by atoms with E-state index in [1.54, 1.807) is 9.80 Å². The monoisotopic (exact) mass is 673 g/mol. The Bertz CT molecular complexity index is 1760. The number of hydrogen-bond donors (Lipinski definition) is 4. The van der Waals surface area contributed by atoms with Crippen molar-refractivity contribution in [2.24, 2.45) is 7.05 Å². The summed E-state index contributed by atoms with van der Waals surface area (Å²) in [6.45, 7) is 5.42. The molecule has 2 aromatic heterocycles. The molecule has 13 nitrogen and oxygen atoms in total. The average Bonchev–Trinajstić information content (AvgIpc) is 3.62. The molecule has 0 atom stereocenters. The summed E-state index contributed by atoms with van der Waals surface area (Å²) in [6, 6.07) is 3.99. The van der Waals surface area contributed by atoms with Gasteiger partial charge in [0, 0.05) is 58.2 Å². The normalized spacial score (nSPS) is 15.7. The summed E-state index contributed by atoms with van der Waals surface area (Å²) in [7, 11) is 1.40. The number of urea groups is 1. The van der Waals surface area contributed by atoms with Crippen LogP contribution in [0.5, 0.6) is 0 Å². The Morgan fingerprint density at radius 2 is 1.89 bits per heavy atom. The van der Waals surface area contributed by atoms with Gasteiger partial charge in [0.15, 0.2) is 11.5 Å². The average molecular weight is 674 g/mol. The second kappa shape index (κ2) is 13.5. The minimum atomic E-state index is -4.77. The van der Waals surface area contributed by atoms with Crippen molar-refractivity contribution in [2.75, 3.05) is 51.1 Å². The van der Waals surface area contributed by atoms with Crippen LogP contribution in [-0.4, -0.2) is 103 Å². The van der Waals surface area contributed by atoms with E-state index in [4.69, 9.17) is 11.6 Å². The summed E-state index contributed by atoms with van der Waals surface area (Å²) >= 11 is 6.42. The molecular weight excluding hydrogens is 643 g/mol. The van der Waals surface area contributed by atoms with E-state index in [2.05, 4.69) is 44.5 Å². The van der Waals surface area contributed by atoms with Crippen LogP contribution in [0, 0.1) is 11.8 Å². The van der Waals surface area contributed by atoms with E-state index in [0.29, 0.717) is 26.2 Å². The third kappa shape index (κ3) is 7.43. The summed E-state index contributed by atoms with van der Waals surface area (Å²) in [5.41, 5.74) is -1.93. The number of nitrogens with zero attached hydrogens (tertiary/aromatic N) is 6. The number of allylic oxidation sites excluding steroid dienone is 1. The highest BCUT2D eigenvalue weighted by atomic mass is 35.5. The number of hydrogen-bond acceptors (Lipinski definition) is 7. The lowest BCUT2D eigenvalue weighted by molar-refractivity contribution is -0.141. The zero-order valence-corrected chi connectivity index (χ0v) is 26.0. The zero-order valence-electron chi connectivity index (χ0n) is 25.2. The topological polar surface area (TPSA) is 150 Å². The van der Waals surface area contributed by atoms with Gasteiger partial charge < -0.3 is 35.4 Å². The number of nitrogens with one attached hydrogen (secondary N) is 3. The number of alkyl halides is 3. The summed E-state index contributed by atoms with van der Waals surface area (Å²) in [5, 5.41) is 22.1. The van der Waals surface area contributed by atoms with Crippen LogP contribution in [0.2, 0.25) is 5.02 Å². The molecule has 5 rings (SSSR count). The summed E-state index contributed by atoms with van der Waals surface area (Å²) in [5.74, 6) is 3.93. The molecule has 0 unspecified atom stereocenters. The number of β-amino-alcohol motifs (C(OH)–C–C–N with tert-alkyl or cyclic N) is 1. The van der Waals surface area contributed by atoms with Crippen LogP contribution in [0.1, 0.15) is 26.7 Å². The van der Waals surface area contributed by atoms with Crippen molar-refractivity contribution in [3.63, 3.8) is 0 Å². The number of anilines is 1. The third-order valence-corrected chi connectivity index (χ3v) is 8.04. The first-order valence-corrected chi connectivity index (χ1v) is 14.8. The number of aliphatic hydroxyl groups is 1. The molecule has 17 heteroatoms. The number of carbonyl (C=O) groups excluding carboxylic acids is 3. The molecule has 0 radical (unpaired) electrons. The van der Waals surface area contributed by atoms with E-state index in [1.807, 2.05) is 0 Å². The Morgan fingerprint density at radius 3 is 2.51 bits per heavy atom. The van der Waals surface area contributed by atoms with Gasteiger partial charge in [0.05, 0.1) is 34.6 Å². The largest absolute Gasteiger partial charge is 0.435 e. The van der Waals surface area contributed by atoms with Gasteiger partial charge in [-0.1, -0.05) is 30.0 Å². The number of rotatable bonds is 7. The third-order valence-electron chi connectivity index (χ3n) is 7.73. The number of benzene rings is 1. The van der Waals surface area contributed by atoms with E-state index in [0.717, 1.165) is 10.9 Å². The molecular formula is C30H31ClF3N9O4. The van der Waals surface area contributed by atoms with Crippen LogP contribution in [-0.2, 0) is 19.8 Å². The zero-order chi connectivity index (χ0) is 33.9. The predicted octanol–water partition coefficient (Wildman–Crippen LogP) is 2.20. The van der Waals surface area contributed by atoms with Gasteiger partial charge in [-0.3, -0.25) is 14.3 Å². The molecule has 0 saturated carbocycles. The highest BCUT2D eigenvalue weighted by molar-refractivity contribution is 6.34. The number of aromatic nitrogens is 4. The summed E-state index contributed by atoms with van der Waals surface area (Å²) in [6.07, 6.45) is -1.13. The van der Waals surface area contributed by atoms with Gasteiger partial charge in [-0.25, -0.2) is 9.78 Å². The van der Waals surface area contributed by atoms with Crippen molar-refractivity contribution in [1.82, 2.24) is 39.8 Å². The molecule has 2 aliphatic rings. The lowest BCUT2D eigenvalue weighted by Crippen LogP contribution is -2.65. The number of carbonyl (C=O) groups is 3. The second-order valence-corrected chi connectivity index (χ2v) is 11.5. The van der Waals surface area contributed by atoms with Gasteiger partial charge in [0.1, 0.15) is 12.1 Å². The van der Waals surface area contributed by atoms with Gasteiger partial charge in [0.25, 0.3) is 11.8 Å². The van der Waals surface area contributed by atoms with E-state index in [1.165, 1.54) is 42.1 Å². The Labute approximate surface area is 272 Å². The number of amides is 4. The molecule has 0 aliphatic carbocycles. The van der Waals surface area contributed by atoms with Gasteiger partial charge in [-0.15, -0.1) is 0 Å². The Morgan fingerprint density at radius 1 is 1.19 bits per heavy atom. The van der Waals surface area contributed by atoms with E-state index >= 15 is 0 Å². The molecule has 2 fully saturated rings. The highest BCUT2D eigenvalue weighted by Crippen LogP contribution is 2.36. The second-order valence-electron chi connectivity index (χ2n) is 11.1. The van der Waals surface area contributed by atoms with Crippen molar-refractivity contribution in [2.45, 2.75) is 18.3 Å². The van der Waals surface area contributed by atoms with Crippen molar-refractivity contribution in [3.05, 3.63) is 65.4 Å². The molecule has 0 bridgehead atoms. The molecule has 248 valence electrons. The first-order chi connectivity index (χ1) is 22.3. The Hall–Kier alpha value is -4.85. The van der Waals surface area contributed by atoms with Crippen molar-refractivity contribution in [3.8, 4) is 23.1 Å². The molecule has 4 heterocycles. The highest BCUT2D eigenvalue weighted by Gasteiger charge is 2.39. The van der Waals surface area contributed by atoms with Crippen molar-refractivity contribution < 1.29 is 32.7 Å². The number of piperazine rings is 1. The number of halogens is 4. The Kier molecular flexibility index (Phi) is 9.61. The SMILES string of the molecule is C=CC#CCn1cc(-c2cnc(C(=O)Nc3ccc(C(=O)N4CCN(C(=O)NCC5(O)CNC5)CC4)c(Cl)c3)n2C)c(C(F)(F)F)n1. The fraction of sp³-hybridized carbons (Fsp3) is 0.367. The van der Waals surface area contributed by atoms with Gasteiger partial charge >= 0.3 is 12.2 Å². The molecule has 0 spiro atoms. The molecule has 47 heavy (non-hydrogen) atoms. The van der Waals surface area contributed by atoms with E-state index in [9.17, 15) is 32.7 Å². The maximum Gasteiger partial charge on any atom is 0.435 e. The lowest BCUT2D eigenvalue weighted by Gasteiger charge is -2.39. The first kappa shape index (κ1) is 33.5. The quantitative estimate of drug-likeness (QED) is 0.281. The maximum atomic E-state index is 13.8. The molecule has 4 N–H and O–H groups in total. The van der Waals surface area contributed by atoms with Gasteiger partial charge in [-0.05, 0) is 24.3 Å². The van der Waals surface area contributed by atoms with Crippen LogP contribution in [0.15, 0.2) is 43.2 Å². The van der Waals surface area contributed by atoms with Crippen LogP contribution in [0.25, 0.3) is 11.3 Å². The van der Waals surface area contributed by atoms with Crippen molar-refractivity contribution in [1.29, 1.82) is 0 Å². The summed E-state index contributed by atoms with van der Waals surface area (Å²) in [4.78, 5) is 45.9. The van der Waals surface area contributed by atoms with Crippen LogP contribution >= 0.6 is 11.6 Å². The lowest BCUT2D eigenvalue weighted by atomic mass is 9.98. The summed E-state index contributed by atoms with van der Waals surface area (Å²) < 4.78 is 43.6. The molecule has 1 aromatic carbocycles. The standard InChI is InChI=1S/C30H31ClF3N9O4/c1-3-4-5-8-43-15-21(24(39-43)30(32,33)34)23-14-36-25(40(23)2)26(44)38-19-6-7-20(22(31)13-19)27(45)41-9-11-42(12-10-41)28(46)37-18-29(47)16-35-17-29/h3,6-7,13-15,35,47H,1,8-12,16-18H2,2H3,(H,37,46)(H,38,44). The molecule has 2 aliphatic heterocycles. The smallest absolute Gasteiger partial charge is 0.385 e. The van der Waals surface area contributed by atoms with Crippen LogP contribution in [0.4, 0.5) is 23.7 Å². The first-order valence-electron chi connectivity index (χ1n) is 14.4. The molecule has 4 amide bonds. The minimum Gasteiger partial charge on any atom is -0.385 e. The molecule has 3 aromatic rings.